The van der Waals surface area contributed by atoms with Gasteiger partial charge in [0.05, 0.1) is 5.41 Å². The van der Waals surface area contributed by atoms with Gasteiger partial charge in [-0.2, -0.15) is 0 Å². The van der Waals surface area contributed by atoms with Crippen LogP contribution >= 0.6 is 11.6 Å². The largest absolute Gasteiger partial charge is 0.339 e. The lowest BCUT2D eigenvalue weighted by atomic mass is 9.94. The van der Waals surface area contributed by atoms with Crippen LogP contribution in [0.3, 0.4) is 0 Å². The molecule has 0 aliphatic carbocycles. The van der Waals surface area contributed by atoms with Crippen molar-refractivity contribution in [1.29, 1.82) is 0 Å². The lowest BCUT2D eigenvalue weighted by molar-refractivity contribution is -0.140. The summed E-state index contributed by atoms with van der Waals surface area (Å²) in [6, 6.07) is -0.00120. The van der Waals surface area contributed by atoms with Gasteiger partial charge in [-0.1, -0.05) is 0 Å². The van der Waals surface area contributed by atoms with Gasteiger partial charge in [0.2, 0.25) is 5.91 Å². The Morgan fingerprint density at radius 2 is 1.56 bits per heavy atom. The molecule has 0 N–H and O–H groups in total. The average Bonchev–Trinajstić information content (AvgIpc) is 2.37. The fraction of sp³-hybridized carbons (Fsp3) is 0.833. The maximum Gasteiger partial charge on any atom is 0.319 e. The molecule has 0 saturated carbocycles. The molecule has 0 aromatic rings. The molecule has 1 fully saturated rings. The smallest absolute Gasteiger partial charge is 0.319 e. The van der Waals surface area contributed by atoms with Crippen molar-refractivity contribution >= 4 is 23.5 Å². The molecule has 0 atom stereocenters. The SMILES string of the molecule is CN(C)C(=O)N1CCN(C(=O)C(C)(C)CCl)CC1. The van der Waals surface area contributed by atoms with E-state index in [4.69, 9.17) is 11.6 Å². The van der Waals surface area contributed by atoms with Crippen LogP contribution in [-0.2, 0) is 4.79 Å². The van der Waals surface area contributed by atoms with E-state index in [2.05, 4.69) is 0 Å². The number of nitrogens with zero attached hydrogens (tertiary/aromatic N) is 3. The van der Waals surface area contributed by atoms with Crippen LogP contribution in [0.15, 0.2) is 0 Å². The quantitative estimate of drug-likeness (QED) is 0.708. The normalized spacial score (nSPS) is 16.7. The van der Waals surface area contributed by atoms with Crippen LogP contribution in [0.2, 0.25) is 0 Å². The molecule has 0 radical (unpaired) electrons. The van der Waals surface area contributed by atoms with Gasteiger partial charge in [-0.25, -0.2) is 4.79 Å². The highest BCUT2D eigenvalue weighted by atomic mass is 35.5. The highest BCUT2D eigenvalue weighted by Gasteiger charge is 2.33. The summed E-state index contributed by atoms with van der Waals surface area (Å²) in [5.74, 6) is 0.373. The molecule has 1 saturated heterocycles. The molecule has 0 unspecified atom stereocenters. The average molecular weight is 276 g/mol. The number of piperazine rings is 1. The number of halogens is 1. The van der Waals surface area contributed by atoms with Gasteiger partial charge < -0.3 is 14.7 Å². The van der Waals surface area contributed by atoms with Crippen LogP contribution in [0.25, 0.3) is 0 Å². The molecule has 0 aromatic heterocycles. The summed E-state index contributed by atoms with van der Waals surface area (Å²) in [5, 5.41) is 0. The van der Waals surface area contributed by atoms with Gasteiger partial charge in [0.1, 0.15) is 0 Å². The number of carbonyl (C=O) groups is 2. The van der Waals surface area contributed by atoms with E-state index in [1.807, 2.05) is 13.8 Å². The van der Waals surface area contributed by atoms with Crippen LogP contribution in [0.5, 0.6) is 0 Å². The van der Waals surface area contributed by atoms with Crippen LogP contribution < -0.4 is 0 Å². The molecule has 6 heteroatoms. The Morgan fingerprint density at radius 3 is 1.94 bits per heavy atom. The molecule has 18 heavy (non-hydrogen) atoms. The van der Waals surface area contributed by atoms with Gasteiger partial charge >= 0.3 is 6.03 Å². The van der Waals surface area contributed by atoms with Crippen LogP contribution in [-0.4, -0.2) is 72.8 Å². The first kappa shape index (κ1) is 15.1. The zero-order valence-electron chi connectivity index (χ0n) is 11.6. The van der Waals surface area contributed by atoms with E-state index in [0.717, 1.165) is 0 Å². The van der Waals surface area contributed by atoms with Gasteiger partial charge in [-0.3, -0.25) is 4.79 Å². The van der Waals surface area contributed by atoms with Crippen molar-refractivity contribution in [3.8, 4) is 0 Å². The van der Waals surface area contributed by atoms with E-state index >= 15 is 0 Å². The minimum Gasteiger partial charge on any atom is -0.339 e. The molecule has 1 heterocycles. The maximum atomic E-state index is 12.2. The Hall–Kier alpha value is -0.970. The van der Waals surface area contributed by atoms with E-state index in [1.54, 1.807) is 28.8 Å². The molecule has 0 spiro atoms. The van der Waals surface area contributed by atoms with E-state index in [0.29, 0.717) is 32.1 Å². The number of hydrogen-bond donors (Lipinski definition) is 0. The Balaban J connectivity index is 2.54. The van der Waals surface area contributed by atoms with Crippen LogP contribution in [0.4, 0.5) is 4.79 Å². The summed E-state index contributed by atoms with van der Waals surface area (Å²) in [6.07, 6.45) is 0. The van der Waals surface area contributed by atoms with Crippen LogP contribution in [0, 0.1) is 5.41 Å². The van der Waals surface area contributed by atoms with Crippen LogP contribution in [0.1, 0.15) is 13.8 Å². The number of alkyl halides is 1. The van der Waals surface area contributed by atoms with E-state index in [9.17, 15) is 9.59 Å². The lowest BCUT2D eigenvalue weighted by Gasteiger charge is -2.38. The number of carbonyl (C=O) groups excluding carboxylic acids is 2. The number of hydrogen-bond acceptors (Lipinski definition) is 2. The monoisotopic (exact) mass is 275 g/mol. The summed E-state index contributed by atoms with van der Waals surface area (Å²) in [6.45, 7) is 6.03. The number of rotatable bonds is 2. The summed E-state index contributed by atoms with van der Waals surface area (Å²) >= 11 is 5.81. The molecule has 0 bridgehead atoms. The first-order chi connectivity index (χ1) is 8.29. The van der Waals surface area contributed by atoms with Crippen molar-refractivity contribution < 1.29 is 9.59 Å². The predicted molar refractivity (Wildman–Crippen MR) is 71.7 cm³/mol. The molecule has 3 amide bonds. The molecular formula is C12H22ClN3O2. The summed E-state index contributed by atoms with van der Waals surface area (Å²) < 4.78 is 0. The first-order valence-electron chi connectivity index (χ1n) is 6.11. The molecule has 0 aromatic carbocycles. The summed E-state index contributed by atoms with van der Waals surface area (Å²) in [7, 11) is 3.47. The number of urea groups is 1. The fourth-order valence-electron chi connectivity index (χ4n) is 1.87. The second kappa shape index (κ2) is 5.78. The highest BCUT2D eigenvalue weighted by Crippen LogP contribution is 2.21. The summed E-state index contributed by atoms with van der Waals surface area (Å²) in [5.41, 5.74) is -0.532. The second-order valence-corrected chi connectivity index (χ2v) is 5.74. The van der Waals surface area contributed by atoms with E-state index in [1.165, 1.54) is 0 Å². The Bertz CT molecular complexity index is 323. The predicted octanol–water partition coefficient (Wildman–Crippen LogP) is 1.08. The fourth-order valence-corrected chi connectivity index (χ4v) is 1.98. The zero-order chi connectivity index (χ0) is 13.9. The maximum absolute atomic E-state index is 12.2. The number of amides is 3. The summed E-state index contributed by atoms with van der Waals surface area (Å²) in [4.78, 5) is 29.1. The molecule has 104 valence electrons. The standard InChI is InChI=1S/C12H22ClN3O2/c1-12(2,9-13)10(17)15-5-7-16(8-6-15)11(18)14(3)4/h5-9H2,1-4H3. The molecule has 5 nitrogen and oxygen atoms in total. The van der Waals surface area contributed by atoms with E-state index < -0.39 is 5.41 Å². The van der Waals surface area contributed by atoms with Gasteiger partial charge in [0, 0.05) is 46.2 Å². The minimum absolute atomic E-state index is 0.00120. The Labute approximate surface area is 114 Å². The third kappa shape index (κ3) is 3.28. The van der Waals surface area contributed by atoms with Crippen molar-refractivity contribution in [3.05, 3.63) is 0 Å². The van der Waals surface area contributed by atoms with Gasteiger partial charge in [-0.05, 0) is 13.8 Å². The minimum atomic E-state index is -0.532. The topological polar surface area (TPSA) is 43.9 Å². The van der Waals surface area contributed by atoms with E-state index in [-0.39, 0.29) is 11.9 Å². The molecule has 1 rings (SSSR count). The highest BCUT2D eigenvalue weighted by molar-refractivity contribution is 6.19. The van der Waals surface area contributed by atoms with Crippen molar-refractivity contribution in [2.45, 2.75) is 13.8 Å². The van der Waals surface area contributed by atoms with Gasteiger partial charge in [0.15, 0.2) is 0 Å². The first-order valence-corrected chi connectivity index (χ1v) is 6.64. The van der Waals surface area contributed by atoms with Crippen molar-refractivity contribution in [3.63, 3.8) is 0 Å². The zero-order valence-corrected chi connectivity index (χ0v) is 12.3. The molecular weight excluding hydrogens is 254 g/mol. The second-order valence-electron chi connectivity index (χ2n) is 5.47. The van der Waals surface area contributed by atoms with Crippen molar-refractivity contribution in [1.82, 2.24) is 14.7 Å². The van der Waals surface area contributed by atoms with Crippen molar-refractivity contribution in [2.75, 3.05) is 46.2 Å². The molecule has 1 aliphatic rings. The Kier molecular flexibility index (Phi) is 4.85. The molecule has 1 aliphatic heterocycles. The third-order valence-electron chi connectivity index (χ3n) is 3.13. The van der Waals surface area contributed by atoms with Crippen molar-refractivity contribution in [2.24, 2.45) is 5.41 Å². The Morgan fingerprint density at radius 1 is 1.11 bits per heavy atom. The lowest BCUT2D eigenvalue weighted by Crippen LogP contribution is -2.55. The van der Waals surface area contributed by atoms with Gasteiger partial charge in [0.25, 0.3) is 0 Å². The van der Waals surface area contributed by atoms with Gasteiger partial charge in [-0.15, -0.1) is 11.6 Å². The third-order valence-corrected chi connectivity index (χ3v) is 3.80.